The Bertz CT molecular complexity index is 143. The summed E-state index contributed by atoms with van der Waals surface area (Å²) in [5, 5.41) is 0. The van der Waals surface area contributed by atoms with Crippen LogP contribution >= 0.6 is 13.6 Å². The molecule has 86 valence electrons. The van der Waals surface area contributed by atoms with E-state index in [2.05, 4.69) is 41.3 Å². The minimum atomic E-state index is -0.0481. The van der Waals surface area contributed by atoms with Gasteiger partial charge in [0.25, 0.3) is 0 Å². The molecule has 0 aliphatic carbocycles. The predicted octanol–water partition coefficient (Wildman–Crippen LogP) is 4.44. The molecule has 1 atom stereocenters. The number of unbranched alkanes of at least 4 members (excludes halogenated alkanes) is 1. The average Bonchev–Trinajstić information content (AvgIpc) is 2.20. The van der Waals surface area contributed by atoms with E-state index in [0.29, 0.717) is 5.92 Å². The third-order valence-electron chi connectivity index (χ3n) is 1.93. The van der Waals surface area contributed by atoms with Crippen molar-refractivity contribution in [2.45, 2.75) is 52.6 Å². The first-order valence-electron chi connectivity index (χ1n) is 5.45. The van der Waals surface area contributed by atoms with Gasteiger partial charge in [0.15, 0.2) is 0 Å². The van der Waals surface area contributed by atoms with Gasteiger partial charge in [0.1, 0.15) is 0 Å². The fraction of sp³-hybridized carbons (Fsp3) is 0.833. The van der Waals surface area contributed by atoms with Crippen LogP contribution in [-0.4, -0.2) is 12.2 Å². The zero-order valence-corrected chi connectivity index (χ0v) is 15.1. The minimum absolute atomic E-state index is 0.0481. The van der Waals surface area contributed by atoms with Gasteiger partial charge < -0.3 is 11.3 Å². The van der Waals surface area contributed by atoms with Crippen molar-refractivity contribution in [3.63, 3.8) is 0 Å². The molecule has 0 aromatic carbocycles. The summed E-state index contributed by atoms with van der Waals surface area (Å²) in [7, 11) is 0. The Morgan fingerprint density at radius 2 is 1.93 bits per heavy atom. The molecule has 0 aromatic rings. The number of hydrogen-bond donors (Lipinski definition) is 0. The first-order chi connectivity index (χ1) is 6.99. The molecule has 1 nitrogen and oxygen atoms in total. The van der Waals surface area contributed by atoms with Gasteiger partial charge in [-0.05, 0) is 33.1 Å². The van der Waals surface area contributed by atoms with Gasteiger partial charge in [-0.25, -0.2) is 0 Å². The molecular formula is C12H23BrOZn. The van der Waals surface area contributed by atoms with E-state index in [-0.39, 0.29) is 5.60 Å². The van der Waals surface area contributed by atoms with Crippen LogP contribution in [-0.2, 0) is 21.1 Å². The average molecular weight is 329 g/mol. The van der Waals surface area contributed by atoms with Gasteiger partial charge in [-0.1, -0.05) is 19.8 Å². The Morgan fingerprint density at radius 3 is 2.27 bits per heavy atom. The summed E-state index contributed by atoms with van der Waals surface area (Å²) in [5.74, 6) is 0.416. The van der Waals surface area contributed by atoms with Crippen LogP contribution in [0.25, 0.3) is 0 Å². The molecule has 15 heavy (non-hydrogen) atoms. The molecule has 0 aliphatic rings. The van der Waals surface area contributed by atoms with E-state index in [1.165, 1.54) is 29.2 Å². The van der Waals surface area contributed by atoms with Gasteiger partial charge in [-0.2, -0.15) is 0 Å². The van der Waals surface area contributed by atoms with E-state index in [0.717, 1.165) is 13.0 Å². The number of ether oxygens (including phenoxy) is 1. The zero-order chi connectivity index (χ0) is 12.3. The van der Waals surface area contributed by atoms with Crippen molar-refractivity contribution in [1.29, 1.82) is 0 Å². The quantitative estimate of drug-likeness (QED) is 0.517. The van der Waals surface area contributed by atoms with Gasteiger partial charge in [-0.3, -0.25) is 6.08 Å². The molecule has 0 heterocycles. The third kappa shape index (κ3) is 14.8. The second kappa shape index (κ2) is 11.3. The fourth-order valence-corrected chi connectivity index (χ4v) is 1.06. The van der Waals surface area contributed by atoms with E-state index in [1.54, 1.807) is 6.08 Å². The molecule has 0 saturated carbocycles. The van der Waals surface area contributed by atoms with Gasteiger partial charge in [0.2, 0.25) is 0 Å². The summed E-state index contributed by atoms with van der Waals surface area (Å²) in [4.78, 5) is 0. The van der Waals surface area contributed by atoms with Crippen LogP contribution in [0.1, 0.15) is 47.0 Å². The van der Waals surface area contributed by atoms with Crippen LogP contribution in [0, 0.1) is 12.5 Å². The predicted molar refractivity (Wildman–Crippen MR) is 66.5 cm³/mol. The Balaban J connectivity index is 0. The number of rotatable bonds is 6. The first kappa shape index (κ1) is 18.2. The van der Waals surface area contributed by atoms with Crippen LogP contribution in [0.4, 0.5) is 0 Å². The van der Waals surface area contributed by atoms with E-state index in [9.17, 15) is 0 Å². The molecule has 0 aliphatic heterocycles. The maximum atomic E-state index is 5.67. The Hall–Kier alpha value is 0.803. The number of halogens is 1. The van der Waals surface area contributed by atoms with Crippen LogP contribution < -0.4 is 0 Å². The molecule has 0 aromatic heterocycles. The molecule has 0 amide bonds. The molecule has 0 radical (unpaired) electrons. The van der Waals surface area contributed by atoms with Crippen LogP contribution in [0.2, 0.25) is 0 Å². The SMILES string of the molecule is [CH-]=CC(CCCC)COC(C)(C)C.[Zn+][Br]. The van der Waals surface area contributed by atoms with Crippen molar-refractivity contribution in [2.75, 3.05) is 6.61 Å². The normalized spacial score (nSPS) is 12.7. The summed E-state index contributed by atoms with van der Waals surface area (Å²) in [6, 6.07) is 0. The van der Waals surface area contributed by atoms with Crippen molar-refractivity contribution < 1.29 is 21.1 Å². The summed E-state index contributed by atoms with van der Waals surface area (Å²) < 4.78 is 5.67. The van der Waals surface area contributed by atoms with E-state index in [1.807, 2.05) is 0 Å². The van der Waals surface area contributed by atoms with Crippen LogP contribution in [0.5, 0.6) is 0 Å². The molecule has 3 heteroatoms. The molecule has 0 fully saturated rings. The second-order valence-corrected chi connectivity index (χ2v) is 4.52. The summed E-state index contributed by atoms with van der Waals surface area (Å²) in [6.45, 7) is 14.7. The van der Waals surface area contributed by atoms with Gasteiger partial charge in [0.05, 0.1) is 12.2 Å². The topological polar surface area (TPSA) is 9.23 Å². The van der Waals surface area contributed by atoms with Gasteiger partial charge >= 0.3 is 30.0 Å². The van der Waals surface area contributed by atoms with Crippen molar-refractivity contribution in [2.24, 2.45) is 5.92 Å². The molecule has 0 rings (SSSR count). The Kier molecular flexibility index (Phi) is 13.7. The summed E-state index contributed by atoms with van der Waals surface area (Å²) in [6.07, 6.45) is 5.36. The maximum absolute atomic E-state index is 5.67. The van der Waals surface area contributed by atoms with Crippen molar-refractivity contribution in [3.05, 3.63) is 12.7 Å². The molecule has 1 unspecified atom stereocenters. The summed E-state index contributed by atoms with van der Waals surface area (Å²) in [5.41, 5.74) is -0.0481. The molecule has 0 bridgehead atoms. The van der Waals surface area contributed by atoms with E-state index < -0.39 is 0 Å². The first-order valence-corrected chi connectivity index (χ1v) is 12.4. The Morgan fingerprint density at radius 1 is 1.40 bits per heavy atom. The molecule has 0 spiro atoms. The van der Waals surface area contributed by atoms with Crippen LogP contribution in [0.15, 0.2) is 6.08 Å². The zero-order valence-electron chi connectivity index (χ0n) is 10.6. The van der Waals surface area contributed by atoms with Crippen molar-refractivity contribution in [1.82, 2.24) is 0 Å². The van der Waals surface area contributed by atoms with Crippen molar-refractivity contribution in [3.8, 4) is 0 Å². The van der Waals surface area contributed by atoms with E-state index >= 15 is 0 Å². The fourth-order valence-electron chi connectivity index (χ4n) is 1.06. The monoisotopic (exact) mass is 326 g/mol. The standard InChI is InChI=1S/C12H23O.BrH.Zn/c1-6-8-9-11(7-2)10-13-12(3,4)5;;/h2,7,11H,6,8-10H2,1,3-5H3;1H;/q-1;;+2/p-1. The third-order valence-corrected chi connectivity index (χ3v) is 1.93. The van der Waals surface area contributed by atoms with Gasteiger partial charge in [0, 0.05) is 0 Å². The Labute approximate surface area is 112 Å². The summed E-state index contributed by atoms with van der Waals surface area (Å²) >= 11 is 4.25. The molecule has 0 saturated heterocycles. The van der Waals surface area contributed by atoms with Gasteiger partial charge in [-0.15, -0.1) is 0 Å². The van der Waals surface area contributed by atoms with E-state index in [4.69, 9.17) is 11.3 Å². The van der Waals surface area contributed by atoms with Crippen molar-refractivity contribution >= 4 is 13.6 Å². The van der Waals surface area contributed by atoms with Crippen LogP contribution in [0.3, 0.4) is 0 Å². The molecular weight excluding hydrogens is 305 g/mol. The number of hydrogen-bond acceptors (Lipinski definition) is 1. The molecule has 0 N–H and O–H groups in total. The second-order valence-electron chi connectivity index (χ2n) is 4.52.